The molecule has 2 aliphatic heterocycles. The Morgan fingerprint density at radius 2 is 0.806 bits per heavy atom. The van der Waals surface area contributed by atoms with Crippen molar-refractivity contribution in [2.45, 2.75) is 131 Å². The zero-order valence-electron chi connectivity index (χ0n) is 56.8. The zero-order valence-corrected chi connectivity index (χ0v) is 57.7. The van der Waals surface area contributed by atoms with Gasteiger partial charge in [0.05, 0.1) is 17.1 Å². The van der Waals surface area contributed by atoms with Gasteiger partial charge >= 0.3 is 0 Å². The van der Waals surface area contributed by atoms with E-state index in [2.05, 4.69) is 355 Å². The number of anilines is 9. The van der Waals surface area contributed by atoms with Crippen LogP contribution in [-0.2, 0) is 27.1 Å². The highest BCUT2D eigenvalue weighted by atomic mass is 32.1. The van der Waals surface area contributed by atoms with Gasteiger partial charge in [0.1, 0.15) is 0 Å². The summed E-state index contributed by atoms with van der Waals surface area (Å²) in [6.45, 7) is 35.2. The van der Waals surface area contributed by atoms with E-state index in [0.29, 0.717) is 0 Å². The van der Waals surface area contributed by atoms with Crippen LogP contribution in [0.25, 0.3) is 64.7 Å². The second-order valence-corrected chi connectivity index (χ2v) is 32.6. The molecule has 0 saturated heterocycles. The van der Waals surface area contributed by atoms with Crippen molar-refractivity contribution in [2.75, 3.05) is 14.7 Å². The first-order chi connectivity index (χ1) is 44.3. The topological polar surface area (TPSA) is 9.72 Å². The molecule has 0 spiro atoms. The molecule has 0 aliphatic carbocycles. The maximum absolute atomic E-state index is 2.69. The first kappa shape index (κ1) is 60.1. The number of nitrogens with zero attached hydrogens (tertiary/aromatic N) is 3. The van der Waals surface area contributed by atoms with Gasteiger partial charge in [-0.2, -0.15) is 0 Å². The predicted molar refractivity (Wildman–Crippen MR) is 407 cm³/mol. The normalized spacial score (nSPS) is 13.5. The molecule has 0 radical (unpaired) electrons. The molecule has 1 aromatic heterocycles. The number of thiophene rings is 1. The van der Waals surface area contributed by atoms with Gasteiger partial charge in [0.25, 0.3) is 6.71 Å². The lowest BCUT2D eigenvalue weighted by Crippen LogP contribution is -2.60. The summed E-state index contributed by atoms with van der Waals surface area (Å²) in [4.78, 5) is 7.84. The van der Waals surface area contributed by atoms with Crippen LogP contribution in [0.2, 0.25) is 0 Å². The lowest BCUT2D eigenvalue weighted by molar-refractivity contribution is 0.569. The van der Waals surface area contributed by atoms with E-state index in [1.54, 1.807) is 0 Å². The molecule has 0 N–H and O–H groups in total. The summed E-state index contributed by atoms with van der Waals surface area (Å²) in [6, 6.07) is 91.3. The number of fused-ring (bicyclic) bond motifs is 12. The van der Waals surface area contributed by atoms with Crippen LogP contribution in [0.15, 0.2) is 237 Å². The third kappa shape index (κ3) is 10.3. The molecular weight excluding hydrogens is 1140 g/mol. The van der Waals surface area contributed by atoms with Crippen LogP contribution >= 0.6 is 11.3 Å². The van der Waals surface area contributed by atoms with E-state index in [1.807, 2.05) is 11.3 Å². The minimum absolute atomic E-state index is 0.0485. The van der Waals surface area contributed by atoms with E-state index >= 15 is 0 Å². The largest absolute Gasteiger partial charge is 0.311 e. The third-order valence-corrected chi connectivity index (χ3v) is 21.2. The van der Waals surface area contributed by atoms with Gasteiger partial charge in [0, 0.05) is 54.6 Å². The number of para-hydroxylation sites is 2. The maximum Gasteiger partial charge on any atom is 0.264 e. The molecule has 0 atom stereocenters. The van der Waals surface area contributed by atoms with Crippen molar-refractivity contribution in [1.29, 1.82) is 0 Å². The maximum atomic E-state index is 2.69. The SMILES string of the molecule is CC(C)(C)c1cc(-c2cccc(N3c4cc(N(c5ccccc5)c5ccccc5)cc5c4B(c4cc(C(C)(C)C)ccc4N5c4ccc(C(C)(C)C)cc4-c4ccc5c6ccccc6c6ccccc6c5c4)c4sc5ccc(C(C)(C)C)cc5c43)c2)cc(C(C)(C)C)c1. The van der Waals surface area contributed by atoms with Gasteiger partial charge in [0.2, 0.25) is 0 Å². The second-order valence-electron chi connectivity index (χ2n) is 31.5. The summed E-state index contributed by atoms with van der Waals surface area (Å²) in [5.74, 6) is 0. The van der Waals surface area contributed by atoms with E-state index in [0.717, 1.165) is 34.1 Å². The van der Waals surface area contributed by atoms with Crippen molar-refractivity contribution in [3.05, 3.63) is 264 Å². The van der Waals surface area contributed by atoms with Crippen LogP contribution < -0.4 is 30.4 Å². The molecule has 0 bridgehead atoms. The number of rotatable bonds is 7. The van der Waals surface area contributed by atoms with E-state index in [-0.39, 0.29) is 33.8 Å². The standard InChI is InChI=1S/C88H84BN3S/c1-84(2,3)58-38-42-76(72(50-58)56-37-41-71-69-35-23-22-33-67(69)68-34-24-25-36-70(68)73(71)48-56)92-77-43-39-60(86(7,8)9)52-75(77)89-81-78(53-66(54-79(81)92)90(63-28-18-16-19-29-63)64-30-20-17-21-31-64)91(82-74-51-59(85(4,5)6)40-44-80(74)93-83(82)89)65-32-26-27-55(47-65)57-45-61(87(10,11)12)49-62(46-57)88(13,14)15/h16-54H,1-15H3. The molecule has 0 saturated carbocycles. The van der Waals surface area contributed by atoms with Crippen LogP contribution in [0, 0.1) is 0 Å². The molecule has 12 aromatic carbocycles. The summed E-state index contributed by atoms with van der Waals surface area (Å²) in [7, 11) is 0. The first-order valence-corrected chi connectivity index (χ1v) is 34.2. The Morgan fingerprint density at radius 1 is 0.312 bits per heavy atom. The fourth-order valence-electron chi connectivity index (χ4n) is 14.7. The van der Waals surface area contributed by atoms with Crippen molar-refractivity contribution in [3.63, 3.8) is 0 Å². The smallest absolute Gasteiger partial charge is 0.264 e. The van der Waals surface area contributed by atoms with Gasteiger partial charge < -0.3 is 14.7 Å². The molecule has 0 fully saturated rings. The molecular formula is C88H84BN3S. The van der Waals surface area contributed by atoms with Crippen LogP contribution in [0.5, 0.6) is 0 Å². The molecule has 13 aromatic rings. The minimum Gasteiger partial charge on any atom is -0.311 e. The Balaban J connectivity index is 1.09. The Morgan fingerprint density at radius 3 is 1.38 bits per heavy atom. The lowest BCUT2D eigenvalue weighted by atomic mass is 9.36. The van der Waals surface area contributed by atoms with E-state index in [4.69, 9.17) is 0 Å². The van der Waals surface area contributed by atoms with Crippen molar-refractivity contribution in [1.82, 2.24) is 0 Å². The molecule has 2 aliphatic rings. The summed E-state index contributed by atoms with van der Waals surface area (Å²) < 4.78 is 2.65. The molecule has 93 heavy (non-hydrogen) atoms. The Kier molecular flexibility index (Phi) is 14.0. The van der Waals surface area contributed by atoms with Gasteiger partial charge in [0.15, 0.2) is 0 Å². The van der Waals surface area contributed by atoms with E-state index < -0.39 is 0 Å². The molecule has 0 amide bonds. The highest BCUT2D eigenvalue weighted by Crippen LogP contribution is 2.54. The number of hydrogen-bond donors (Lipinski definition) is 0. The summed E-state index contributed by atoms with van der Waals surface area (Å²) in [6.07, 6.45) is 0. The first-order valence-electron chi connectivity index (χ1n) is 33.4. The minimum atomic E-state index is -0.133. The van der Waals surface area contributed by atoms with Crippen molar-refractivity contribution < 1.29 is 0 Å². The molecule has 3 heterocycles. The summed E-state index contributed by atoms with van der Waals surface area (Å²) in [5, 5.41) is 8.90. The van der Waals surface area contributed by atoms with Crippen LogP contribution in [-0.4, -0.2) is 6.71 Å². The van der Waals surface area contributed by atoms with Gasteiger partial charge in [-0.3, -0.25) is 0 Å². The summed E-state index contributed by atoms with van der Waals surface area (Å²) in [5.41, 5.74) is 23.9. The highest BCUT2D eigenvalue weighted by molar-refractivity contribution is 7.33. The second kappa shape index (κ2) is 21.7. The quantitative estimate of drug-likeness (QED) is 0.116. The van der Waals surface area contributed by atoms with Gasteiger partial charge in [-0.05, 0) is 200 Å². The van der Waals surface area contributed by atoms with Crippen molar-refractivity contribution in [2.24, 2.45) is 0 Å². The lowest BCUT2D eigenvalue weighted by Gasteiger charge is -2.45. The van der Waals surface area contributed by atoms with E-state index in [9.17, 15) is 0 Å². The monoisotopic (exact) mass is 1230 g/mol. The van der Waals surface area contributed by atoms with Crippen LogP contribution in [0.4, 0.5) is 51.2 Å². The average molecular weight is 1230 g/mol. The van der Waals surface area contributed by atoms with Gasteiger partial charge in [-0.25, -0.2) is 0 Å². The van der Waals surface area contributed by atoms with E-state index in [1.165, 1.54) is 125 Å². The Labute approximate surface area is 556 Å². The Bertz CT molecular complexity index is 5030. The van der Waals surface area contributed by atoms with Crippen molar-refractivity contribution >= 4 is 127 Å². The average Bonchev–Trinajstić information content (AvgIpc) is 1.64. The molecule has 0 unspecified atom stereocenters. The van der Waals surface area contributed by atoms with Gasteiger partial charge in [-0.1, -0.05) is 256 Å². The van der Waals surface area contributed by atoms with Crippen LogP contribution in [0.3, 0.4) is 0 Å². The van der Waals surface area contributed by atoms with Crippen molar-refractivity contribution in [3.8, 4) is 22.3 Å². The summed E-state index contributed by atoms with van der Waals surface area (Å²) >= 11 is 1.98. The molecule has 460 valence electrons. The predicted octanol–water partition coefficient (Wildman–Crippen LogP) is 23.7. The fourth-order valence-corrected chi connectivity index (χ4v) is 16.0. The third-order valence-electron chi connectivity index (χ3n) is 19.9. The molecule has 5 heteroatoms. The Hall–Kier alpha value is -9.16. The molecule has 15 rings (SSSR count). The van der Waals surface area contributed by atoms with Crippen LogP contribution in [0.1, 0.15) is 132 Å². The fraction of sp³-hybridized carbons (Fsp3) is 0.227. The van der Waals surface area contributed by atoms with Gasteiger partial charge in [-0.15, -0.1) is 11.3 Å². The zero-order chi connectivity index (χ0) is 64.8. The number of hydrogen-bond acceptors (Lipinski definition) is 4. The molecule has 3 nitrogen and oxygen atoms in total. The highest BCUT2D eigenvalue weighted by Gasteiger charge is 2.47. The number of benzene rings is 12.